The van der Waals surface area contributed by atoms with Crippen molar-refractivity contribution in [3.63, 3.8) is 0 Å². The Morgan fingerprint density at radius 1 is 0.519 bits per heavy atom. The van der Waals surface area contributed by atoms with Gasteiger partial charge in [-0.05, 0) is 40.5 Å². The van der Waals surface area contributed by atoms with Crippen LogP contribution in [-0.2, 0) is 0 Å². The second kappa shape index (κ2) is 116. The summed E-state index contributed by atoms with van der Waals surface area (Å²) in [5.41, 5.74) is 4.23. The molecule has 0 rings (SSSR count). The Morgan fingerprint density at radius 3 is 0.667 bits per heavy atom. The van der Waals surface area contributed by atoms with Crippen LogP contribution in [0, 0.1) is 0 Å². The second-order valence-corrected chi connectivity index (χ2v) is 4.15. The van der Waals surface area contributed by atoms with Crippen molar-refractivity contribution < 1.29 is 0 Å². The first-order valence-corrected chi connectivity index (χ1v) is 11.1. The van der Waals surface area contributed by atoms with E-state index in [1.165, 1.54) is 29.6 Å². The normalized spacial score (nSPS) is 5.41. The van der Waals surface area contributed by atoms with Gasteiger partial charge in [-0.25, -0.2) is 0 Å². The zero-order valence-corrected chi connectivity index (χ0v) is 22.3. The van der Waals surface area contributed by atoms with Crippen LogP contribution in [0.1, 0.15) is 159 Å². The van der Waals surface area contributed by atoms with Crippen molar-refractivity contribution in [1.82, 2.24) is 0 Å². The Balaban J connectivity index is -0.0000000163. The van der Waals surface area contributed by atoms with Gasteiger partial charge >= 0.3 is 0 Å². The van der Waals surface area contributed by atoms with Gasteiger partial charge in [0.2, 0.25) is 0 Å². The predicted molar refractivity (Wildman–Crippen MR) is 146 cm³/mol. The highest BCUT2D eigenvalue weighted by atomic mass is 13.9. The fraction of sp³-hybridized carbons (Fsp3) is 0.852. The molecule has 0 saturated carbocycles. The standard InChI is InChI=1S/C7H14.C5H10.C3H8.5C2H6.2CH4/c1-5-7(4)6(2)3;1-4-5(2)3;1-3-2;5*1-2;;/h5H2,1-4H3;2,4H2,1,3H3;3H2,1-2H3;5*1-2H3;2*1H4. The van der Waals surface area contributed by atoms with Crippen molar-refractivity contribution in [3.8, 4) is 0 Å². The topological polar surface area (TPSA) is 0 Å². The molecule has 0 aromatic heterocycles. The lowest BCUT2D eigenvalue weighted by Crippen LogP contribution is -1.73. The van der Waals surface area contributed by atoms with Crippen molar-refractivity contribution in [2.75, 3.05) is 0 Å². The summed E-state index contributed by atoms with van der Waals surface area (Å²) >= 11 is 0. The minimum Gasteiger partial charge on any atom is -0.100 e. The first-order chi connectivity index (χ1) is 11.9. The summed E-state index contributed by atoms with van der Waals surface area (Å²) in [6.45, 7) is 40.7. The van der Waals surface area contributed by atoms with Crippen LogP contribution in [-0.4, -0.2) is 0 Å². The molecule has 0 aromatic rings. The lowest BCUT2D eigenvalue weighted by molar-refractivity contribution is 1.05. The Morgan fingerprint density at radius 2 is 0.667 bits per heavy atom. The first-order valence-electron chi connectivity index (χ1n) is 11.1. The molecule has 0 N–H and O–H groups in total. The predicted octanol–water partition coefficient (Wildman–Crippen LogP) is 12.5. The third-order valence-corrected chi connectivity index (χ3v) is 1.99. The van der Waals surface area contributed by atoms with E-state index < -0.39 is 0 Å². The zero-order chi connectivity index (χ0) is 22.9. The largest absolute Gasteiger partial charge is 0.100 e. The maximum absolute atomic E-state index is 3.67. The van der Waals surface area contributed by atoms with Crippen molar-refractivity contribution in [3.05, 3.63) is 23.3 Å². The molecule has 0 bridgehead atoms. The molecule has 0 fully saturated rings. The molecule has 0 heterocycles. The summed E-state index contributed by atoms with van der Waals surface area (Å²) in [6, 6.07) is 0. The van der Waals surface area contributed by atoms with Crippen molar-refractivity contribution in [1.29, 1.82) is 0 Å². The van der Waals surface area contributed by atoms with Crippen LogP contribution in [0.3, 0.4) is 0 Å². The van der Waals surface area contributed by atoms with Crippen molar-refractivity contribution >= 4 is 0 Å². The fourth-order valence-corrected chi connectivity index (χ4v) is 0.354. The summed E-state index contributed by atoms with van der Waals surface area (Å²) in [7, 11) is 0. The smallest absolute Gasteiger partial charge is 0.0349 e. The molecule has 0 aliphatic rings. The SMILES string of the molecule is C.C.C=C(C)CC.CC.CC.CC.CC.CC.CCC.CCC(C)=C(C)C. The van der Waals surface area contributed by atoms with Gasteiger partial charge in [-0.2, -0.15) is 0 Å². The highest BCUT2D eigenvalue weighted by molar-refractivity contribution is 5.05. The maximum Gasteiger partial charge on any atom is -0.0349 e. The van der Waals surface area contributed by atoms with Crippen LogP contribution < -0.4 is 0 Å². The van der Waals surface area contributed by atoms with Crippen molar-refractivity contribution in [2.24, 2.45) is 0 Å². The number of hydrogen-bond donors (Lipinski definition) is 0. The van der Waals surface area contributed by atoms with Crippen LogP contribution in [0.2, 0.25) is 0 Å². The van der Waals surface area contributed by atoms with Gasteiger partial charge in [0.25, 0.3) is 0 Å². The van der Waals surface area contributed by atoms with E-state index in [4.69, 9.17) is 0 Å². The van der Waals surface area contributed by atoms with Gasteiger partial charge in [-0.1, -0.05) is 135 Å². The molecular weight excluding hydrogens is 324 g/mol. The van der Waals surface area contributed by atoms with E-state index in [1.807, 2.05) is 76.2 Å². The molecule has 0 saturated heterocycles. The fourth-order valence-electron chi connectivity index (χ4n) is 0.354. The minimum absolute atomic E-state index is 0. The van der Waals surface area contributed by atoms with Crippen LogP contribution in [0.4, 0.5) is 0 Å². The minimum atomic E-state index is 0. The summed E-state index contributed by atoms with van der Waals surface area (Å²) in [6.07, 6.45) is 3.56. The molecule has 0 spiro atoms. The summed E-state index contributed by atoms with van der Waals surface area (Å²) in [5, 5.41) is 0. The third-order valence-electron chi connectivity index (χ3n) is 1.99. The highest BCUT2D eigenvalue weighted by Gasteiger charge is 1.82. The van der Waals surface area contributed by atoms with Crippen LogP contribution >= 0.6 is 0 Å². The number of rotatable bonds is 2. The van der Waals surface area contributed by atoms with Crippen molar-refractivity contribution in [2.45, 2.75) is 159 Å². The summed E-state index contributed by atoms with van der Waals surface area (Å²) < 4.78 is 0. The van der Waals surface area contributed by atoms with E-state index in [9.17, 15) is 0 Å². The van der Waals surface area contributed by atoms with E-state index in [2.05, 4.69) is 55.0 Å². The van der Waals surface area contributed by atoms with Gasteiger partial charge < -0.3 is 0 Å². The Hall–Kier alpha value is -0.520. The molecule has 0 atom stereocenters. The lowest BCUT2D eigenvalue weighted by Gasteiger charge is -1.94. The average molecular weight is 395 g/mol. The molecule has 0 aromatic carbocycles. The molecule has 178 valence electrons. The van der Waals surface area contributed by atoms with Gasteiger partial charge in [0, 0.05) is 0 Å². The molecule has 0 radical (unpaired) electrons. The summed E-state index contributed by atoms with van der Waals surface area (Å²) in [4.78, 5) is 0. The molecular formula is C27H70. The van der Waals surface area contributed by atoms with E-state index in [1.54, 1.807) is 0 Å². The molecule has 0 amide bonds. The first kappa shape index (κ1) is 63.3. The molecule has 0 aliphatic heterocycles. The second-order valence-electron chi connectivity index (χ2n) is 4.15. The van der Waals surface area contributed by atoms with E-state index >= 15 is 0 Å². The van der Waals surface area contributed by atoms with E-state index in [0.29, 0.717) is 0 Å². The van der Waals surface area contributed by atoms with Crippen LogP contribution in [0.5, 0.6) is 0 Å². The Labute approximate surface area is 182 Å². The lowest BCUT2D eigenvalue weighted by atomic mass is 10.1. The zero-order valence-electron chi connectivity index (χ0n) is 22.3. The quantitative estimate of drug-likeness (QED) is 0.408. The number of allylic oxidation sites excluding steroid dienone is 3. The Kier molecular flexibility index (Phi) is 272. The highest BCUT2D eigenvalue weighted by Crippen LogP contribution is 2.04. The Bertz CT molecular complexity index is 157. The molecule has 0 heteroatoms. The maximum atomic E-state index is 3.67. The monoisotopic (exact) mass is 395 g/mol. The van der Waals surface area contributed by atoms with Crippen LogP contribution in [0.15, 0.2) is 23.3 Å². The molecule has 0 nitrogen and oxygen atoms in total. The molecule has 0 unspecified atom stereocenters. The van der Waals surface area contributed by atoms with Gasteiger partial charge in [0.05, 0.1) is 0 Å². The molecule has 27 heavy (non-hydrogen) atoms. The third kappa shape index (κ3) is 251. The molecule has 0 aliphatic carbocycles. The van der Waals surface area contributed by atoms with Gasteiger partial charge in [0.15, 0.2) is 0 Å². The van der Waals surface area contributed by atoms with Crippen LogP contribution in [0.25, 0.3) is 0 Å². The average Bonchev–Trinajstić information content (AvgIpc) is 2.70. The summed E-state index contributed by atoms with van der Waals surface area (Å²) in [5.74, 6) is 0. The number of hydrogen-bond acceptors (Lipinski definition) is 0. The van der Waals surface area contributed by atoms with E-state index in [0.717, 1.165) is 6.42 Å². The van der Waals surface area contributed by atoms with Gasteiger partial charge in [-0.15, -0.1) is 6.58 Å². The van der Waals surface area contributed by atoms with E-state index in [-0.39, 0.29) is 14.9 Å². The van der Waals surface area contributed by atoms with Gasteiger partial charge in [0.1, 0.15) is 0 Å². The van der Waals surface area contributed by atoms with Gasteiger partial charge in [-0.3, -0.25) is 0 Å².